The summed E-state index contributed by atoms with van der Waals surface area (Å²) in [5, 5.41) is 0. The van der Waals surface area contributed by atoms with E-state index >= 15 is 0 Å². The second kappa shape index (κ2) is 7.49. The van der Waals surface area contributed by atoms with E-state index in [1.54, 1.807) is 12.1 Å². The van der Waals surface area contributed by atoms with Gasteiger partial charge in [0.1, 0.15) is 5.57 Å². The number of urea groups is 2. The first kappa shape index (κ1) is 22.8. The maximum atomic E-state index is 13.5. The summed E-state index contributed by atoms with van der Waals surface area (Å²) in [6, 6.07) is 3.65. The summed E-state index contributed by atoms with van der Waals surface area (Å²) in [5.74, 6) is -2.44. The molecule has 1 spiro atoms. The molecule has 35 heavy (non-hydrogen) atoms. The van der Waals surface area contributed by atoms with E-state index in [1.807, 2.05) is 6.07 Å². The number of hydrogen-bond acceptors (Lipinski definition) is 7. The van der Waals surface area contributed by atoms with E-state index in [1.165, 1.54) is 34.3 Å². The molecule has 1 atom stereocenters. The summed E-state index contributed by atoms with van der Waals surface area (Å²) in [7, 11) is 5.39. The number of anilines is 1. The van der Waals surface area contributed by atoms with E-state index in [0.717, 1.165) is 31.7 Å². The van der Waals surface area contributed by atoms with E-state index in [4.69, 9.17) is 0 Å². The number of imide groups is 4. The number of fused-ring (bicyclic) bond motifs is 4. The Labute approximate surface area is 201 Å². The molecule has 1 aromatic rings. The van der Waals surface area contributed by atoms with Gasteiger partial charge in [0, 0.05) is 40.4 Å². The molecule has 11 nitrogen and oxygen atoms in total. The molecule has 0 radical (unpaired) electrons. The molecule has 5 rings (SSSR count). The highest BCUT2D eigenvalue weighted by molar-refractivity contribution is 6.30. The van der Waals surface area contributed by atoms with Crippen LogP contribution in [0.1, 0.15) is 24.0 Å². The lowest BCUT2D eigenvalue weighted by molar-refractivity contribution is -0.159. The van der Waals surface area contributed by atoms with E-state index < -0.39 is 41.1 Å². The summed E-state index contributed by atoms with van der Waals surface area (Å²) in [6.45, 7) is 0.663. The molecule has 182 valence electrons. The van der Waals surface area contributed by atoms with Gasteiger partial charge in [0.05, 0.1) is 6.04 Å². The van der Waals surface area contributed by atoms with Crippen molar-refractivity contribution in [3.63, 3.8) is 0 Å². The minimum atomic E-state index is -1.43. The highest BCUT2D eigenvalue weighted by Gasteiger charge is 2.63. The average molecular weight is 479 g/mol. The van der Waals surface area contributed by atoms with Gasteiger partial charge in [-0.15, -0.1) is 0 Å². The van der Waals surface area contributed by atoms with Gasteiger partial charge in [-0.05, 0) is 48.6 Å². The van der Waals surface area contributed by atoms with E-state index in [-0.39, 0.29) is 18.0 Å². The van der Waals surface area contributed by atoms with Crippen LogP contribution in [0.4, 0.5) is 15.3 Å². The van der Waals surface area contributed by atoms with Crippen molar-refractivity contribution in [2.75, 3.05) is 39.6 Å². The first-order valence-electron chi connectivity index (χ1n) is 11.3. The predicted octanol–water partition coefficient (Wildman–Crippen LogP) is 0.682. The van der Waals surface area contributed by atoms with E-state index in [9.17, 15) is 28.8 Å². The first-order chi connectivity index (χ1) is 16.5. The van der Waals surface area contributed by atoms with Crippen LogP contribution in [0, 0.1) is 5.41 Å². The number of nitrogens with zero attached hydrogens (tertiary/aromatic N) is 5. The van der Waals surface area contributed by atoms with Crippen LogP contribution in [-0.4, -0.2) is 96.1 Å². The van der Waals surface area contributed by atoms with Crippen molar-refractivity contribution in [2.45, 2.75) is 25.3 Å². The van der Waals surface area contributed by atoms with Crippen LogP contribution in [0.25, 0.3) is 6.08 Å². The number of carbonyl (C=O) groups is 6. The van der Waals surface area contributed by atoms with Crippen molar-refractivity contribution in [1.29, 1.82) is 0 Å². The summed E-state index contributed by atoms with van der Waals surface area (Å²) in [5.41, 5.74) is 0.528. The molecule has 0 bridgehead atoms. The lowest BCUT2D eigenvalue weighted by Gasteiger charge is -2.50. The van der Waals surface area contributed by atoms with Gasteiger partial charge >= 0.3 is 12.1 Å². The average Bonchev–Trinajstić information content (AvgIpc) is 3.36. The number of likely N-dealkylation sites (N-methyl/N-ethyl adjacent to an activating group) is 2. The lowest BCUT2D eigenvalue weighted by Crippen LogP contribution is -2.70. The molecule has 4 aliphatic heterocycles. The Bertz CT molecular complexity index is 1220. The zero-order valence-corrected chi connectivity index (χ0v) is 19.9. The van der Waals surface area contributed by atoms with E-state index in [0.29, 0.717) is 24.1 Å². The van der Waals surface area contributed by atoms with Gasteiger partial charge in [-0.25, -0.2) is 9.59 Å². The molecule has 3 fully saturated rings. The van der Waals surface area contributed by atoms with Gasteiger partial charge < -0.3 is 4.90 Å². The Morgan fingerprint density at radius 1 is 0.829 bits per heavy atom. The second-order valence-electron chi connectivity index (χ2n) is 9.47. The van der Waals surface area contributed by atoms with Gasteiger partial charge in [-0.1, -0.05) is 6.07 Å². The zero-order valence-electron chi connectivity index (χ0n) is 19.9. The van der Waals surface area contributed by atoms with Crippen molar-refractivity contribution in [2.24, 2.45) is 5.41 Å². The highest BCUT2D eigenvalue weighted by atomic mass is 16.2. The summed E-state index contributed by atoms with van der Waals surface area (Å²) >= 11 is 0. The molecule has 0 aliphatic carbocycles. The minimum Gasteiger partial charge on any atom is -0.367 e. The molecular weight excluding hydrogens is 454 g/mol. The van der Waals surface area contributed by atoms with Crippen LogP contribution in [0.3, 0.4) is 0 Å². The smallest absolute Gasteiger partial charge is 0.333 e. The molecule has 0 N–H and O–H groups in total. The minimum absolute atomic E-state index is 0.0975. The van der Waals surface area contributed by atoms with E-state index in [2.05, 4.69) is 4.90 Å². The van der Waals surface area contributed by atoms with Crippen LogP contribution < -0.4 is 4.90 Å². The van der Waals surface area contributed by atoms with Gasteiger partial charge in [0.15, 0.2) is 5.41 Å². The molecular formula is C24H25N5O6. The highest BCUT2D eigenvalue weighted by Crippen LogP contribution is 2.49. The topological polar surface area (TPSA) is 119 Å². The Balaban J connectivity index is 1.60. The molecule has 1 aromatic carbocycles. The number of carbonyl (C=O) groups excluding carboxylic acids is 6. The van der Waals surface area contributed by atoms with Crippen molar-refractivity contribution < 1.29 is 28.8 Å². The van der Waals surface area contributed by atoms with Crippen LogP contribution in [-0.2, 0) is 25.6 Å². The summed E-state index contributed by atoms with van der Waals surface area (Å²) in [4.78, 5) is 82.5. The van der Waals surface area contributed by atoms with Crippen LogP contribution in [0.5, 0.6) is 0 Å². The summed E-state index contributed by atoms with van der Waals surface area (Å²) < 4.78 is 0. The molecule has 0 saturated carbocycles. The second-order valence-corrected chi connectivity index (χ2v) is 9.47. The van der Waals surface area contributed by atoms with Gasteiger partial charge in [0.2, 0.25) is 11.8 Å². The molecule has 11 heteroatoms. The Morgan fingerprint density at radius 3 is 2.00 bits per heavy atom. The molecule has 3 saturated heterocycles. The van der Waals surface area contributed by atoms with Crippen LogP contribution in [0.2, 0.25) is 0 Å². The Kier molecular flexibility index (Phi) is 4.87. The van der Waals surface area contributed by atoms with Gasteiger partial charge in [-0.3, -0.25) is 38.8 Å². The van der Waals surface area contributed by atoms with Gasteiger partial charge in [0.25, 0.3) is 11.8 Å². The zero-order chi connectivity index (χ0) is 25.4. The van der Waals surface area contributed by atoms with Crippen molar-refractivity contribution >= 4 is 47.5 Å². The monoisotopic (exact) mass is 479 g/mol. The third kappa shape index (κ3) is 2.90. The molecule has 0 unspecified atom stereocenters. The van der Waals surface area contributed by atoms with Crippen LogP contribution >= 0.6 is 0 Å². The number of benzene rings is 1. The van der Waals surface area contributed by atoms with Crippen molar-refractivity contribution in [3.8, 4) is 0 Å². The maximum Gasteiger partial charge on any atom is 0.333 e. The fourth-order valence-corrected chi connectivity index (χ4v) is 5.77. The quantitative estimate of drug-likeness (QED) is 0.330. The fourth-order valence-electron chi connectivity index (χ4n) is 5.77. The summed E-state index contributed by atoms with van der Waals surface area (Å²) in [6.07, 6.45) is 2.96. The molecule has 8 amide bonds. The normalized spacial score (nSPS) is 24.1. The van der Waals surface area contributed by atoms with Gasteiger partial charge in [-0.2, -0.15) is 0 Å². The number of hydrogen-bond donors (Lipinski definition) is 0. The molecule has 4 aliphatic rings. The van der Waals surface area contributed by atoms with Crippen molar-refractivity contribution in [3.05, 3.63) is 34.9 Å². The maximum absolute atomic E-state index is 13.5. The number of rotatable bonds is 1. The largest absolute Gasteiger partial charge is 0.367 e. The fraction of sp³-hybridized carbons (Fsp3) is 0.417. The third-order valence-electron chi connectivity index (χ3n) is 7.61. The molecule has 4 heterocycles. The third-order valence-corrected chi connectivity index (χ3v) is 7.61. The predicted molar refractivity (Wildman–Crippen MR) is 123 cm³/mol. The lowest BCUT2D eigenvalue weighted by atomic mass is 9.68. The standard InChI is InChI=1S/C24H25N5O6/c1-25-18(30)15(19(31)26(2)22(25)34)11-13-7-8-16-14(10-13)12-24(17-6-5-9-29(16)17)20(32)27(3)23(35)28(4)21(24)33/h7-8,10-11,17H,5-6,9,12H2,1-4H3/t17-/m1/s1. The molecule has 0 aromatic heterocycles. The first-order valence-corrected chi connectivity index (χ1v) is 11.3. The van der Waals surface area contributed by atoms with Crippen LogP contribution in [0.15, 0.2) is 23.8 Å². The number of barbiturate groups is 2. The van der Waals surface area contributed by atoms with Crippen molar-refractivity contribution in [1.82, 2.24) is 19.6 Å². The Hall–Kier alpha value is -4.02. The SMILES string of the molecule is CN1C(=O)C(=Cc2ccc3c(c2)CC2(C(=O)N(C)C(=O)N(C)C2=O)[C@H]2CCCN32)C(=O)N(C)C1=O. The Morgan fingerprint density at radius 2 is 1.40 bits per heavy atom. The number of amides is 8.